The third-order valence-electron chi connectivity index (χ3n) is 0.134. The van der Waals surface area contributed by atoms with Crippen LogP contribution in [0.15, 0.2) is 0 Å². The third-order valence-corrected chi connectivity index (χ3v) is 0.213. The predicted molar refractivity (Wildman–Crippen MR) is 20.9 cm³/mol. The summed E-state index contributed by atoms with van der Waals surface area (Å²) < 4.78 is 3.78. The van der Waals surface area contributed by atoms with Crippen molar-refractivity contribution in [3.8, 4) is 0 Å². The maximum atomic E-state index is 4.28. The molecule has 0 saturated heterocycles. The minimum absolute atomic E-state index is 1.73. The minimum atomic E-state index is 1.73. The largest absolute Gasteiger partial charge is 0.342 e. The van der Waals surface area contributed by atoms with Crippen molar-refractivity contribution in [1.82, 2.24) is 0 Å². The van der Waals surface area contributed by atoms with Crippen molar-refractivity contribution in [3.05, 3.63) is 0 Å². The highest BCUT2D eigenvalue weighted by Gasteiger charge is 1.79. The van der Waals surface area contributed by atoms with Crippen molar-refractivity contribution >= 4 is 17.5 Å². The molecule has 0 bridgehead atoms. The van der Waals surface area contributed by atoms with E-state index >= 15 is 0 Å². The SMILES string of the molecule is [B]OOOOOP. The Kier molecular flexibility index (Phi) is 6.56. The van der Waals surface area contributed by atoms with Gasteiger partial charge >= 0.3 is 8.05 Å². The Morgan fingerprint density at radius 3 is 2.29 bits per heavy atom. The Labute approximate surface area is 43.3 Å². The summed E-state index contributed by atoms with van der Waals surface area (Å²) in [6.07, 6.45) is 0. The molecule has 40 valence electrons. The molecular weight excluding hydrogens is 122 g/mol. The van der Waals surface area contributed by atoms with Crippen LogP contribution >= 0.6 is 9.47 Å². The first-order valence-electron chi connectivity index (χ1n) is 1.14. The molecule has 0 fully saturated rings. The van der Waals surface area contributed by atoms with Gasteiger partial charge < -0.3 is 0 Å². The van der Waals surface area contributed by atoms with E-state index in [-0.39, 0.29) is 0 Å². The summed E-state index contributed by atoms with van der Waals surface area (Å²) in [7, 11) is 6.01. The molecule has 0 amide bonds. The Morgan fingerprint density at radius 1 is 1.14 bits per heavy atom. The van der Waals surface area contributed by atoms with Gasteiger partial charge in [0, 0.05) is 9.47 Å². The molecule has 0 aliphatic heterocycles. The van der Waals surface area contributed by atoms with E-state index in [2.05, 4.69) is 32.6 Å². The van der Waals surface area contributed by atoms with Gasteiger partial charge in [-0.2, -0.15) is 4.67 Å². The summed E-state index contributed by atoms with van der Waals surface area (Å²) in [6.45, 7) is 0. The summed E-state index contributed by atoms with van der Waals surface area (Å²) in [6, 6.07) is 0. The van der Waals surface area contributed by atoms with Crippen LogP contribution in [0.4, 0.5) is 0 Å². The van der Waals surface area contributed by atoms with Crippen molar-refractivity contribution in [2.45, 2.75) is 0 Å². The van der Waals surface area contributed by atoms with Crippen molar-refractivity contribution in [2.24, 2.45) is 0 Å². The van der Waals surface area contributed by atoms with Gasteiger partial charge in [0.2, 0.25) is 0 Å². The molecule has 0 spiro atoms. The Morgan fingerprint density at radius 2 is 1.86 bits per heavy atom. The summed E-state index contributed by atoms with van der Waals surface area (Å²) >= 11 is 0. The highest BCUT2D eigenvalue weighted by atomic mass is 31.0. The minimum Gasteiger partial charge on any atom is -0.286 e. The molecule has 7 heteroatoms. The molecule has 2 radical (unpaired) electrons. The van der Waals surface area contributed by atoms with E-state index in [1.54, 1.807) is 9.47 Å². The van der Waals surface area contributed by atoms with Gasteiger partial charge in [-0.05, 0) is 10.1 Å². The van der Waals surface area contributed by atoms with Crippen molar-refractivity contribution in [2.75, 3.05) is 0 Å². The summed E-state index contributed by atoms with van der Waals surface area (Å²) in [5, 5.41) is 10.6. The Balaban J connectivity index is 2.45. The van der Waals surface area contributed by atoms with Gasteiger partial charge in [0.25, 0.3) is 0 Å². The fraction of sp³-hybridized carbons (Fsp3) is 0. The molecule has 0 rings (SSSR count). The molecule has 5 nitrogen and oxygen atoms in total. The predicted octanol–water partition coefficient (Wildman–Crippen LogP) is -0.397. The molecule has 0 aromatic rings. The number of hydrogen-bond acceptors (Lipinski definition) is 5. The quantitative estimate of drug-likeness (QED) is 0.168. The molecule has 0 aliphatic carbocycles. The van der Waals surface area contributed by atoms with Gasteiger partial charge in [0.05, 0.1) is 0 Å². The average molecular weight is 124 g/mol. The standard InChI is InChI=1S/BH2O5P/c1-2-3-4-5-6-7/h7H2. The lowest BCUT2D eigenvalue weighted by molar-refractivity contribution is -0.672. The van der Waals surface area contributed by atoms with Crippen LogP contribution in [0.25, 0.3) is 0 Å². The third kappa shape index (κ3) is 6.29. The zero-order chi connectivity index (χ0) is 5.54. The van der Waals surface area contributed by atoms with E-state index in [9.17, 15) is 0 Å². The fourth-order valence-electron chi connectivity index (χ4n) is 0.0434. The molecule has 1 unspecified atom stereocenters. The summed E-state index contributed by atoms with van der Waals surface area (Å²) in [5.74, 6) is 0. The molecule has 1 atom stereocenters. The van der Waals surface area contributed by atoms with Gasteiger partial charge in [-0.1, -0.05) is 5.04 Å². The smallest absolute Gasteiger partial charge is 0.286 e. The zero-order valence-electron chi connectivity index (χ0n) is 3.20. The molecule has 0 aromatic carbocycles. The van der Waals surface area contributed by atoms with E-state index in [4.69, 9.17) is 0 Å². The lowest BCUT2D eigenvalue weighted by atomic mass is 10.6. The Bertz CT molecular complexity index is 27.3. The van der Waals surface area contributed by atoms with E-state index in [0.29, 0.717) is 0 Å². The Hall–Kier alpha value is 0.295. The molecule has 0 aromatic heterocycles. The van der Waals surface area contributed by atoms with Crippen molar-refractivity contribution < 1.29 is 24.6 Å². The van der Waals surface area contributed by atoms with Gasteiger partial charge in [-0.3, -0.25) is 4.81 Å². The monoisotopic (exact) mass is 124 g/mol. The van der Waals surface area contributed by atoms with E-state index in [1.807, 2.05) is 0 Å². The van der Waals surface area contributed by atoms with Crippen LogP contribution in [0.3, 0.4) is 0 Å². The van der Waals surface area contributed by atoms with E-state index in [1.165, 1.54) is 0 Å². The fourth-order valence-corrected chi connectivity index (χ4v) is 0.0755. The van der Waals surface area contributed by atoms with E-state index < -0.39 is 0 Å². The molecule has 0 N–H and O–H groups in total. The second-order valence-corrected chi connectivity index (χ2v) is 0.589. The first-order valence-corrected chi connectivity index (χ1v) is 1.61. The van der Waals surface area contributed by atoms with Crippen LogP contribution in [0.1, 0.15) is 0 Å². The van der Waals surface area contributed by atoms with Crippen LogP contribution in [0.2, 0.25) is 0 Å². The van der Waals surface area contributed by atoms with Crippen LogP contribution in [0, 0.1) is 0 Å². The maximum Gasteiger partial charge on any atom is 0.342 e. The van der Waals surface area contributed by atoms with Crippen LogP contribution in [-0.2, 0) is 24.6 Å². The van der Waals surface area contributed by atoms with Crippen molar-refractivity contribution in [1.29, 1.82) is 0 Å². The number of rotatable bonds is 4. The highest BCUT2D eigenvalue weighted by molar-refractivity contribution is 7.09. The summed E-state index contributed by atoms with van der Waals surface area (Å²) in [5.41, 5.74) is 0. The summed E-state index contributed by atoms with van der Waals surface area (Å²) in [4.78, 5) is 3.41. The van der Waals surface area contributed by atoms with Crippen LogP contribution in [0.5, 0.6) is 0 Å². The maximum absolute atomic E-state index is 4.28. The topological polar surface area (TPSA) is 46.2 Å². The zero-order valence-corrected chi connectivity index (χ0v) is 4.35. The highest BCUT2D eigenvalue weighted by Crippen LogP contribution is 1.87. The molecule has 0 heterocycles. The van der Waals surface area contributed by atoms with Crippen molar-refractivity contribution in [3.63, 3.8) is 0 Å². The van der Waals surface area contributed by atoms with E-state index in [0.717, 1.165) is 0 Å². The molecular formula is H2BO5P. The normalized spacial score (nSPS) is 9.29. The van der Waals surface area contributed by atoms with Gasteiger partial charge in [-0.25, -0.2) is 0 Å². The average Bonchev–Trinajstić information content (AvgIpc) is 1.69. The first-order chi connectivity index (χ1) is 3.41. The van der Waals surface area contributed by atoms with Gasteiger partial charge in [-0.15, -0.1) is 0 Å². The molecule has 7 heavy (non-hydrogen) atoms. The second-order valence-electron chi connectivity index (χ2n) is 0.397. The van der Waals surface area contributed by atoms with Crippen LogP contribution < -0.4 is 0 Å². The van der Waals surface area contributed by atoms with Crippen LogP contribution in [-0.4, -0.2) is 8.05 Å². The number of hydrogen-bond donors (Lipinski definition) is 0. The lowest BCUT2D eigenvalue weighted by Crippen LogP contribution is -1.91. The second kappa shape index (κ2) is 6.29. The molecule has 0 saturated carbocycles. The molecule has 0 aliphatic rings. The lowest BCUT2D eigenvalue weighted by Gasteiger charge is -1.92. The van der Waals surface area contributed by atoms with Gasteiger partial charge in [0.15, 0.2) is 0 Å². The van der Waals surface area contributed by atoms with Gasteiger partial charge in [0.1, 0.15) is 0 Å². The first kappa shape index (κ1) is 7.29.